The Kier molecular flexibility index (Phi) is 2.99. The lowest BCUT2D eigenvalue weighted by Gasteiger charge is -2.03. The molecule has 22 heavy (non-hydrogen) atoms. The number of hydrogen-bond acceptors (Lipinski definition) is 6. The van der Waals surface area contributed by atoms with Crippen molar-refractivity contribution >= 4 is 16.7 Å². The monoisotopic (exact) mass is 294 g/mol. The van der Waals surface area contributed by atoms with Crippen molar-refractivity contribution in [1.29, 1.82) is 0 Å². The number of benzene rings is 1. The molecule has 4 rings (SSSR count). The number of tetrazole rings is 1. The molecule has 0 spiro atoms. The highest BCUT2D eigenvalue weighted by atomic mass is 15.5. The van der Waals surface area contributed by atoms with E-state index in [4.69, 9.17) is 0 Å². The molecule has 0 saturated carbocycles. The quantitative estimate of drug-likeness (QED) is 0.568. The number of rotatable bonds is 4. The minimum atomic E-state index is 0.628. The van der Waals surface area contributed by atoms with Gasteiger partial charge < -0.3 is 0 Å². The highest BCUT2D eigenvalue weighted by Gasteiger charge is 2.07. The number of aryl methyl sites for hydroxylation is 1. The maximum absolute atomic E-state index is 4.40. The van der Waals surface area contributed by atoms with Gasteiger partial charge in [-0.2, -0.15) is 4.52 Å². The van der Waals surface area contributed by atoms with Gasteiger partial charge in [0.05, 0.1) is 34.8 Å². The predicted octanol–water partition coefficient (Wildman–Crippen LogP) is 1.60. The summed E-state index contributed by atoms with van der Waals surface area (Å²) in [6.45, 7) is 2.17. The third-order valence-corrected chi connectivity index (χ3v) is 3.59. The molecular weight excluding hydrogens is 280 g/mol. The first-order valence-corrected chi connectivity index (χ1v) is 7.23. The van der Waals surface area contributed by atoms with E-state index in [1.165, 1.54) is 0 Å². The van der Waals surface area contributed by atoms with Crippen LogP contribution in [0.2, 0.25) is 0 Å². The second-order valence-electron chi connectivity index (χ2n) is 5.14. The van der Waals surface area contributed by atoms with Gasteiger partial charge in [-0.25, -0.2) is 4.68 Å². The van der Waals surface area contributed by atoms with Gasteiger partial charge in [-0.3, -0.25) is 4.98 Å². The van der Waals surface area contributed by atoms with Crippen molar-refractivity contribution in [3.05, 3.63) is 36.3 Å². The minimum absolute atomic E-state index is 0.628. The Hall–Kier alpha value is -2.90. The van der Waals surface area contributed by atoms with Crippen LogP contribution in [0, 0.1) is 0 Å². The summed E-state index contributed by atoms with van der Waals surface area (Å²) >= 11 is 0. The molecule has 0 saturated heterocycles. The summed E-state index contributed by atoms with van der Waals surface area (Å²) in [6, 6.07) is 5.85. The van der Waals surface area contributed by atoms with Crippen molar-refractivity contribution < 1.29 is 0 Å². The van der Waals surface area contributed by atoms with Crippen LogP contribution in [-0.2, 0) is 6.42 Å². The molecular formula is C14H14N8. The third kappa shape index (κ3) is 2.09. The van der Waals surface area contributed by atoms with Crippen molar-refractivity contribution in [2.24, 2.45) is 0 Å². The van der Waals surface area contributed by atoms with Gasteiger partial charge in [0.2, 0.25) is 0 Å². The molecule has 110 valence electrons. The first-order chi connectivity index (χ1) is 10.8. The summed E-state index contributed by atoms with van der Waals surface area (Å²) in [5.74, 6) is 0. The van der Waals surface area contributed by atoms with Crippen LogP contribution in [0.25, 0.3) is 22.4 Å². The summed E-state index contributed by atoms with van der Waals surface area (Å²) in [5, 5.41) is 19.9. The first kappa shape index (κ1) is 12.8. The van der Waals surface area contributed by atoms with Gasteiger partial charge in [0.25, 0.3) is 0 Å². The van der Waals surface area contributed by atoms with Gasteiger partial charge in [0, 0.05) is 0 Å². The number of hydrogen-bond donors (Lipinski definition) is 0. The van der Waals surface area contributed by atoms with E-state index in [1.807, 2.05) is 24.4 Å². The van der Waals surface area contributed by atoms with E-state index in [2.05, 4.69) is 37.7 Å². The normalized spacial score (nSPS) is 11.5. The van der Waals surface area contributed by atoms with Crippen LogP contribution in [0.5, 0.6) is 0 Å². The van der Waals surface area contributed by atoms with Crippen molar-refractivity contribution in [2.45, 2.75) is 26.2 Å². The molecule has 8 heteroatoms. The van der Waals surface area contributed by atoms with E-state index in [0.717, 1.165) is 41.7 Å². The maximum atomic E-state index is 4.40. The van der Waals surface area contributed by atoms with Crippen LogP contribution in [0.1, 0.15) is 25.5 Å². The molecule has 1 aromatic carbocycles. The first-order valence-electron chi connectivity index (χ1n) is 7.23. The third-order valence-electron chi connectivity index (χ3n) is 3.59. The molecule has 0 aliphatic heterocycles. The van der Waals surface area contributed by atoms with E-state index in [-0.39, 0.29) is 0 Å². The topological polar surface area (TPSA) is 86.7 Å². The Morgan fingerprint density at radius 1 is 1.14 bits per heavy atom. The van der Waals surface area contributed by atoms with Crippen molar-refractivity contribution in [3.63, 3.8) is 0 Å². The standard InChI is InChI=1S/C14H14N8/c1-2-3-4-10-9-21(19-16-10)11-5-6-13-12(7-11)15-8-14-17-18-20-22(13)14/h5-9H,2-4H2,1H3. The van der Waals surface area contributed by atoms with Crippen LogP contribution in [0.3, 0.4) is 0 Å². The second-order valence-corrected chi connectivity index (χ2v) is 5.14. The van der Waals surface area contributed by atoms with Crippen LogP contribution in [0.15, 0.2) is 30.6 Å². The minimum Gasteiger partial charge on any atom is -0.251 e. The Morgan fingerprint density at radius 3 is 3.00 bits per heavy atom. The lowest BCUT2D eigenvalue weighted by molar-refractivity contribution is 0.761. The van der Waals surface area contributed by atoms with Gasteiger partial charge in [0.1, 0.15) is 0 Å². The Balaban J connectivity index is 1.75. The maximum Gasteiger partial charge on any atom is 0.198 e. The molecule has 0 aliphatic rings. The summed E-state index contributed by atoms with van der Waals surface area (Å²) in [7, 11) is 0. The zero-order valence-electron chi connectivity index (χ0n) is 12.1. The van der Waals surface area contributed by atoms with Gasteiger partial charge >= 0.3 is 0 Å². The Bertz CT molecular complexity index is 938. The number of unbranched alkanes of at least 4 members (excludes halogenated alkanes) is 1. The summed E-state index contributed by atoms with van der Waals surface area (Å²) in [4.78, 5) is 4.40. The summed E-state index contributed by atoms with van der Waals surface area (Å²) < 4.78 is 3.44. The number of nitrogens with zero attached hydrogens (tertiary/aromatic N) is 8. The average Bonchev–Trinajstić information content (AvgIpc) is 3.21. The highest BCUT2D eigenvalue weighted by Crippen LogP contribution is 2.17. The molecule has 0 amide bonds. The largest absolute Gasteiger partial charge is 0.251 e. The van der Waals surface area contributed by atoms with Crippen molar-refractivity contribution in [3.8, 4) is 5.69 Å². The lowest BCUT2D eigenvalue weighted by Crippen LogP contribution is -1.98. The summed E-state index contributed by atoms with van der Waals surface area (Å²) in [6.07, 6.45) is 6.84. The van der Waals surface area contributed by atoms with E-state index in [1.54, 1.807) is 15.4 Å². The van der Waals surface area contributed by atoms with E-state index < -0.39 is 0 Å². The smallest absolute Gasteiger partial charge is 0.198 e. The second kappa shape index (κ2) is 5.14. The van der Waals surface area contributed by atoms with Crippen LogP contribution >= 0.6 is 0 Å². The van der Waals surface area contributed by atoms with E-state index in [0.29, 0.717) is 5.65 Å². The zero-order valence-corrected chi connectivity index (χ0v) is 12.1. The molecule has 3 heterocycles. The zero-order chi connectivity index (χ0) is 14.9. The Labute approximate surface area is 125 Å². The predicted molar refractivity (Wildman–Crippen MR) is 79.6 cm³/mol. The molecule has 0 radical (unpaired) electrons. The van der Waals surface area contributed by atoms with E-state index in [9.17, 15) is 0 Å². The molecule has 4 aromatic rings. The molecule has 0 unspecified atom stereocenters. The average molecular weight is 294 g/mol. The molecule has 3 aromatic heterocycles. The van der Waals surface area contributed by atoms with Gasteiger partial charge in [-0.15, -0.1) is 10.2 Å². The summed E-state index contributed by atoms with van der Waals surface area (Å²) in [5.41, 5.74) is 4.22. The van der Waals surface area contributed by atoms with Crippen LogP contribution < -0.4 is 0 Å². The molecule has 0 fully saturated rings. The SMILES string of the molecule is CCCCc1cn(-c2ccc3c(c2)ncc2nnnn23)nn1. The molecule has 0 aliphatic carbocycles. The van der Waals surface area contributed by atoms with Crippen LogP contribution in [-0.4, -0.2) is 40.0 Å². The van der Waals surface area contributed by atoms with Gasteiger partial charge in [-0.1, -0.05) is 18.6 Å². The molecule has 0 atom stereocenters. The molecule has 0 bridgehead atoms. The van der Waals surface area contributed by atoms with Gasteiger partial charge in [0.15, 0.2) is 5.65 Å². The van der Waals surface area contributed by atoms with Crippen LogP contribution in [0.4, 0.5) is 0 Å². The van der Waals surface area contributed by atoms with Gasteiger partial charge in [-0.05, 0) is 41.5 Å². The highest BCUT2D eigenvalue weighted by molar-refractivity contribution is 5.78. The van der Waals surface area contributed by atoms with Crippen molar-refractivity contribution in [1.82, 2.24) is 40.0 Å². The fraction of sp³-hybridized carbons (Fsp3) is 0.286. The van der Waals surface area contributed by atoms with E-state index >= 15 is 0 Å². The fourth-order valence-electron chi connectivity index (χ4n) is 2.41. The number of fused-ring (bicyclic) bond motifs is 3. The lowest BCUT2D eigenvalue weighted by atomic mass is 10.2. The Morgan fingerprint density at radius 2 is 2.09 bits per heavy atom. The molecule has 0 N–H and O–H groups in total. The number of aromatic nitrogens is 8. The van der Waals surface area contributed by atoms with Crippen molar-refractivity contribution in [2.75, 3.05) is 0 Å². The fourth-order valence-corrected chi connectivity index (χ4v) is 2.41. The molecule has 8 nitrogen and oxygen atoms in total.